The van der Waals surface area contributed by atoms with Gasteiger partial charge in [0.1, 0.15) is 5.82 Å². The smallest absolute Gasteiger partial charge is 0.308 e. The summed E-state index contributed by atoms with van der Waals surface area (Å²) < 4.78 is 32.9. The van der Waals surface area contributed by atoms with Gasteiger partial charge >= 0.3 is 5.92 Å². The minimum absolute atomic E-state index is 0.227. The Morgan fingerprint density at radius 1 is 1.03 bits per heavy atom. The van der Waals surface area contributed by atoms with Gasteiger partial charge in [-0.2, -0.15) is 8.78 Å². The monoisotopic (exact) mass is 468 g/mol. The highest BCUT2D eigenvalue weighted by Crippen LogP contribution is 2.31. The van der Waals surface area contributed by atoms with E-state index in [4.69, 9.17) is 0 Å². The standard InChI is InChI=1S/C24H30F2N8/c1-4-6-8-20-27-23(24(25,26)14-7-5-2)30-34(20)16-18-9-11-19(12-10-18)33-15-13-17(3)21(33)22-28-31-32-29-22/h9-13,15H,4-8,14,16H2,1-3H3,(H,28,29,31,32). The minimum atomic E-state index is -3.01. The molecule has 0 aliphatic carbocycles. The maximum absolute atomic E-state index is 14.6. The van der Waals surface area contributed by atoms with Crippen molar-refractivity contribution < 1.29 is 8.78 Å². The Bertz CT molecular complexity index is 1190. The van der Waals surface area contributed by atoms with Gasteiger partial charge in [-0.3, -0.25) is 0 Å². The molecule has 0 fully saturated rings. The first-order valence-corrected chi connectivity index (χ1v) is 11.8. The summed E-state index contributed by atoms with van der Waals surface area (Å²) in [6.07, 6.45) is 5.36. The van der Waals surface area contributed by atoms with Crippen molar-refractivity contribution in [2.75, 3.05) is 0 Å². The fraction of sp³-hybridized carbons (Fsp3) is 0.458. The van der Waals surface area contributed by atoms with Gasteiger partial charge in [0.2, 0.25) is 5.82 Å². The lowest BCUT2D eigenvalue weighted by Crippen LogP contribution is -2.16. The quantitative estimate of drug-likeness (QED) is 0.326. The fourth-order valence-corrected chi connectivity index (χ4v) is 3.93. The van der Waals surface area contributed by atoms with Crippen molar-refractivity contribution in [1.82, 2.24) is 40.0 Å². The highest BCUT2D eigenvalue weighted by Gasteiger charge is 2.36. The van der Waals surface area contributed by atoms with Gasteiger partial charge in [-0.15, -0.1) is 10.2 Å². The average Bonchev–Trinajstić information content (AvgIpc) is 3.57. The van der Waals surface area contributed by atoms with E-state index in [2.05, 4.69) is 37.6 Å². The van der Waals surface area contributed by atoms with Gasteiger partial charge < -0.3 is 4.57 Å². The zero-order valence-electron chi connectivity index (χ0n) is 19.8. The topological polar surface area (TPSA) is 90.1 Å². The van der Waals surface area contributed by atoms with Crippen LogP contribution < -0.4 is 0 Å². The van der Waals surface area contributed by atoms with Gasteiger partial charge in [0.15, 0.2) is 5.82 Å². The molecule has 4 rings (SSSR count). The van der Waals surface area contributed by atoms with Crippen molar-refractivity contribution in [2.24, 2.45) is 0 Å². The largest absolute Gasteiger partial charge is 0.314 e. The van der Waals surface area contributed by atoms with Crippen LogP contribution in [0.5, 0.6) is 0 Å². The number of aromatic amines is 1. The molecular formula is C24H30F2N8. The van der Waals surface area contributed by atoms with E-state index in [0.717, 1.165) is 35.3 Å². The SMILES string of the molecule is CCCCc1nc(C(F)(F)CCCC)nn1Cc1ccc(-n2ccc(C)c2-c2nnn[nH]2)cc1. The summed E-state index contributed by atoms with van der Waals surface area (Å²) in [4.78, 5) is 4.25. The Labute approximate surface area is 197 Å². The predicted octanol–water partition coefficient (Wildman–Crippen LogP) is 5.23. The lowest BCUT2D eigenvalue weighted by molar-refractivity contribution is -0.0245. The Kier molecular flexibility index (Phi) is 7.14. The van der Waals surface area contributed by atoms with E-state index in [9.17, 15) is 8.78 Å². The van der Waals surface area contributed by atoms with Crippen molar-refractivity contribution in [3.63, 3.8) is 0 Å². The average molecular weight is 469 g/mol. The number of benzene rings is 1. The van der Waals surface area contributed by atoms with Crippen LogP contribution in [0.3, 0.4) is 0 Å². The molecule has 1 N–H and O–H groups in total. The zero-order valence-corrected chi connectivity index (χ0v) is 19.8. The number of H-pyrrole nitrogens is 1. The number of rotatable bonds is 11. The van der Waals surface area contributed by atoms with Crippen LogP contribution in [0.15, 0.2) is 36.5 Å². The molecule has 180 valence electrons. The number of aromatic nitrogens is 8. The summed E-state index contributed by atoms with van der Waals surface area (Å²) >= 11 is 0. The van der Waals surface area contributed by atoms with Crippen molar-refractivity contribution in [3.8, 4) is 17.2 Å². The summed E-state index contributed by atoms with van der Waals surface area (Å²) in [6.45, 7) is 6.36. The molecule has 0 bridgehead atoms. The van der Waals surface area contributed by atoms with Crippen molar-refractivity contribution in [2.45, 2.75) is 71.8 Å². The number of alkyl halides is 2. The third-order valence-corrected chi connectivity index (χ3v) is 5.88. The molecule has 0 spiro atoms. The second kappa shape index (κ2) is 10.2. The molecule has 0 amide bonds. The van der Waals surface area contributed by atoms with Crippen LogP contribution in [0.4, 0.5) is 8.78 Å². The maximum atomic E-state index is 14.6. The van der Waals surface area contributed by atoms with Crippen LogP contribution in [0.1, 0.15) is 68.7 Å². The molecule has 0 unspecified atom stereocenters. The lowest BCUT2D eigenvalue weighted by Gasteiger charge is -2.11. The van der Waals surface area contributed by atoms with E-state index in [1.54, 1.807) is 4.68 Å². The Hall–Kier alpha value is -3.43. The first kappa shape index (κ1) is 23.7. The highest BCUT2D eigenvalue weighted by atomic mass is 19.3. The number of hydrogen-bond donors (Lipinski definition) is 1. The Morgan fingerprint density at radius 2 is 1.79 bits per heavy atom. The van der Waals surface area contributed by atoms with Crippen LogP contribution in [-0.2, 0) is 18.9 Å². The summed E-state index contributed by atoms with van der Waals surface area (Å²) in [5.41, 5.74) is 3.83. The molecule has 0 aliphatic rings. The summed E-state index contributed by atoms with van der Waals surface area (Å²) in [5.74, 6) is -2.18. The van der Waals surface area contributed by atoms with Crippen molar-refractivity contribution in [1.29, 1.82) is 0 Å². The van der Waals surface area contributed by atoms with E-state index in [1.165, 1.54) is 0 Å². The molecule has 0 saturated carbocycles. The molecule has 1 aromatic carbocycles. The molecule has 34 heavy (non-hydrogen) atoms. The second-order valence-corrected chi connectivity index (χ2v) is 8.55. The normalized spacial score (nSPS) is 11.9. The predicted molar refractivity (Wildman–Crippen MR) is 125 cm³/mol. The van der Waals surface area contributed by atoms with E-state index in [1.807, 2.05) is 54.9 Å². The molecule has 0 aliphatic heterocycles. The third-order valence-electron chi connectivity index (χ3n) is 5.88. The number of aryl methyl sites for hydroxylation is 2. The molecule has 0 atom stereocenters. The van der Waals surface area contributed by atoms with Gasteiger partial charge in [0.25, 0.3) is 0 Å². The van der Waals surface area contributed by atoms with E-state index in [0.29, 0.717) is 37.5 Å². The molecule has 8 nitrogen and oxygen atoms in total. The summed E-state index contributed by atoms with van der Waals surface area (Å²) in [5, 5.41) is 18.4. The summed E-state index contributed by atoms with van der Waals surface area (Å²) in [7, 11) is 0. The van der Waals surface area contributed by atoms with Crippen LogP contribution in [0.2, 0.25) is 0 Å². The molecule has 3 aromatic heterocycles. The lowest BCUT2D eigenvalue weighted by atomic mass is 10.1. The maximum Gasteiger partial charge on any atom is 0.308 e. The first-order chi connectivity index (χ1) is 16.4. The second-order valence-electron chi connectivity index (χ2n) is 8.55. The molecule has 0 saturated heterocycles. The van der Waals surface area contributed by atoms with Gasteiger partial charge in [-0.05, 0) is 59.5 Å². The Morgan fingerprint density at radius 3 is 2.47 bits per heavy atom. The molecule has 4 aromatic rings. The van der Waals surface area contributed by atoms with Crippen LogP contribution >= 0.6 is 0 Å². The Balaban J connectivity index is 1.58. The molecule has 10 heteroatoms. The van der Waals surface area contributed by atoms with Gasteiger partial charge in [-0.25, -0.2) is 14.8 Å². The molecular weight excluding hydrogens is 438 g/mol. The van der Waals surface area contributed by atoms with Gasteiger partial charge in [0, 0.05) is 24.7 Å². The van der Waals surface area contributed by atoms with Crippen LogP contribution in [-0.4, -0.2) is 40.0 Å². The number of nitrogens with zero attached hydrogens (tertiary/aromatic N) is 7. The third kappa shape index (κ3) is 5.05. The van der Waals surface area contributed by atoms with Crippen LogP contribution in [0.25, 0.3) is 17.2 Å². The molecule has 0 radical (unpaired) electrons. The number of unbranched alkanes of at least 4 members (excludes halogenated alkanes) is 2. The molecule has 3 heterocycles. The van der Waals surface area contributed by atoms with Gasteiger partial charge in [-0.1, -0.05) is 38.8 Å². The number of tetrazole rings is 1. The number of nitrogens with one attached hydrogen (secondary N) is 1. The van der Waals surface area contributed by atoms with Crippen molar-refractivity contribution >= 4 is 0 Å². The van der Waals surface area contributed by atoms with E-state index in [-0.39, 0.29) is 12.2 Å². The van der Waals surface area contributed by atoms with Crippen LogP contribution in [0, 0.1) is 6.92 Å². The number of hydrogen-bond acceptors (Lipinski definition) is 5. The first-order valence-electron chi connectivity index (χ1n) is 11.8. The fourth-order valence-electron chi connectivity index (χ4n) is 3.93. The summed E-state index contributed by atoms with van der Waals surface area (Å²) in [6, 6.07) is 9.94. The highest BCUT2D eigenvalue weighted by molar-refractivity contribution is 5.59. The van der Waals surface area contributed by atoms with E-state index < -0.39 is 5.92 Å². The van der Waals surface area contributed by atoms with Gasteiger partial charge in [0.05, 0.1) is 12.2 Å². The van der Waals surface area contributed by atoms with E-state index >= 15 is 0 Å². The zero-order chi connectivity index (χ0) is 24.1. The number of halogens is 2. The van der Waals surface area contributed by atoms with Crippen molar-refractivity contribution in [3.05, 3.63) is 59.3 Å². The minimum Gasteiger partial charge on any atom is -0.314 e.